The molecule has 2 amide bonds. The lowest BCUT2D eigenvalue weighted by Gasteiger charge is -2.33. The molecule has 1 aliphatic rings. The van der Waals surface area contributed by atoms with Gasteiger partial charge in [0, 0.05) is 32.0 Å². The van der Waals surface area contributed by atoms with Crippen molar-refractivity contribution >= 4 is 22.8 Å². The summed E-state index contributed by atoms with van der Waals surface area (Å²) < 4.78 is 1.86. The fourth-order valence-electron chi connectivity index (χ4n) is 3.73. The molecule has 8 heteroatoms. The largest absolute Gasteiger partial charge is 0.351 e. The van der Waals surface area contributed by atoms with Crippen LogP contribution in [-0.4, -0.2) is 37.4 Å². The van der Waals surface area contributed by atoms with Crippen LogP contribution in [0.2, 0.25) is 0 Å². The first-order chi connectivity index (χ1) is 14.0. The van der Waals surface area contributed by atoms with Gasteiger partial charge in [0.1, 0.15) is 0 Å². The van der Waals surface area contributed by atoms with Crippen molar-refractivity contribution < 1.29 is 9.59 Å². The second kappa shape index (κ2) is 7.98. The first-order valence-electron chi connectivity index (χ1n) is 9.78. The van der Waals surface area contributed by atoms with Crippen molar-refractivity contribution in [2.75, 3.05) is 0 Å². The third kappa shape index (κ3) is 4.11. The van der Waals surface area contributed by atoms with Gasteiger partial charge >= 0.3 is 0 Å². The predicted octanol–water partition coefficient (Wildman–Crippen LogP) is 1.68. The number of imidazole rings is 1. The Labute approximate surface area is 168 Å². The van der Waals surface area contributed by atoms with Crippen molar-refractivity contribution in [3.63, 3.8) is 0 Å². The highest BCUT2D eigenvalue weighted by molar-refractivity contribution is 5.81. The molecule has 1 saturated heterocycles. The molecule has 8 nitrogen and oxygen atoms in total. The molecule has 3 atom stereocenters. The molecule has 0 aliphatic carbocycles. The van der Waals surface area contributed by atoms with E-state index >= 15 is 0 Å². The van der Waals surface area contributed by atoms with E-state index in [0.29, 0.717) is 19.3 Å². The van der Waals surface area contributed by atoms with Crippen LogP contribution in [0.5, 0.6) is 0 Å². The van der Waals surface area contributed by atoms with Gasteiger partial charge in [-0.3, -0.25) is 14.6 Å². The second-order valence-corrected chi connectivity index (χ2v) is 7.58. The van der Waals surface area contributed by atoms with Gasteiger partial charge in [0.05, 0.1) is 47.0 Å². The summed E-state index contributed by atoms with van der Waals surface area (Å²) in [4.78, 5) is 38.0. The van der Waals surface area contributed by atoms with Crippen molar-refractivity contribution in [2.45, 2.75) is 38.3 Å². The van der Waals surface area contributed by atoms with Crippen LogP contribution in [-0.2, 0) is 23.1 Å². The number of hydrogen-bond acceptors (Lipinski definition) is 5. The minimum atomic E-state index is -0.291. The lowest BCUT2D eigenvalue weighted by molar-refractivity contribution is -0.128. The molecule has 1 fully saturated rings. The average Bonchev–Trinajstić information content (AvgIpc) is 3.15. The summed E-state index contributed by atoms with van der Waals surface area (Å²) in [6.07, 6.45) is 6.63. The minimum Gasteiger partial charge on any atom is -0.351 e. The van der Waals surface area contributed by atoms with Crippen LogP contribution in [0.3, 0.4) is 0 Å². The number of benzene rings is 1. The number of carbonyl (C=O) groups is 2. The number of nitrogens with zero attached hydrogens (tertiary/aromatic N) is 4. The molecule has 4 rings (SSSR count). The topological polar surface area (TPSA) is 102 Å². The van der Waals surface area contributed by atoms with Crippen LogP contribution in [0.25, 0.3) is 11.0 Å². The minimum absolute atomic E-state index is 0.0128. The zero-order chi connectivity index (χ0) is 20.4. The van der Waals surface area contributed by atoms with Crippen LogP contribution >= 0.6 is 0 Å². The number of amides is 2. The van der Waals surface area contributed by atoms with Gasteiger partial charge in [0.2, 0.25) is 11.8 Å². The molecule has 3 aromatic rings. The number of para-hydroxylation sites is 2. The number of hydrogen-bond donors (Lipinski definition) is 2. The van der Waals surface area contributed by atoms with Gasteiger partial charge in [-0.15, -0.1) is 0 Å². The van der Waals surface area contributed by atoms with Crippen LogP contribution in [0.4, 0.5) is 0 Å². The van der Waals surface area contributed by atoms with Crippen LogP contribution in [0.15, 0.2) is 43.0 Å². The summed E-state index contributed by atoms with van der Waals surface area (Å²) in [6.45, 7) is 1.88. The molecule has 3 heterocycles. The fourth-order valence-corrected chi connectivity index (χ4v) is 3.73. The van der Waals surface area contributed by atoms with Gasteiger partial charge in [-0.1, -0.05) is 19.1 Å². The van der Waals surface area contributed by atoms with E-state index in [1.807, 2.05) is 42.8 Å². The molecular weight excluding hydrogens is 368 g/mol. The summed E-state index contributed by atoms with van der Waals surface area (Å²) in [5.74, 6) is -0.343. The van der Waals surface area contributed by atoms with Gasteiger partial charge in [-0.2, -0.15) is 0 Å². The van der Waals surface area contributed by atoms with E-state index in [4.69, 9.17) is 0 Å². The Balaban J connectivity index is 1.45. The van der Waals surface area contributed by atoms with Crippen molar-refractivity contribution in [3.8, 4) is 0 Å². The van der Waals surface area contributed by atoms with E-state index in [0.717, 1.165) is 22.4 Å². The maximum absolute atomic E-state index is 12.9. The number of fused-ring (bicyclic) bond motifs is 1. The maximum Gasteiger partial charge on any atom is 0.223 e. The van der Waals surface area contributed by atoms with E-state index < -0.39 is 0 Å². The van der Waals surface area contributed by atoms with Crippen LogP contribution in [0, 0.1) is 5.92 Å². The smallest absolute Gasteiger partial charge is 0.223 e. The monoisotopic (exact) mass is 392 g/mol. The molecule has 29 heavy (non-hydrogen) atoms. The molecule has 0 spiro atoms. The molecule has 1 unspecified atom stereocenters. The lowest BCUT2D eigenvalue weighted by Crippen LogP contribution is -2.51. The van der Waals surface area contributed by atoms with Gasteiger partial charge < -0.3 is 15.2 Å². The number of nitrogens with one attached hydrogen (secondary N) is 2. The number of carbonyl (C=O) groups excluding carboxylic acids is 2. The molecule has 2 aromatic heterocycles. The third-order valence-electron chi connectivity index (χ3n) is 5.36. The highest BCUT2D eigenvalue weighted by Crippen LogP contribution is 2.24. The summed E-state index contributed by atoms with van der Waals surface area (Å²) in [6, 6.07) is 7.21. The number of piperidine rings is 1. The summed E-state index contributed by atoms with van der Waals surface area (Å²) in [5.41, 5.74) is 3.32. The number of aromatic nitrogens is 4. The van der Waals surface area contributed by atoms with Crippen molar-refractivity contribution in [2.24, 2.45) is 13.0 Å². The standard InChI is InChI=1S/C21H24N6O2/c1-13(9-14-10-23-15-5-3-4-6-16(15)24-14)21(29)25-17-7-8-19(28)26-20(17)18-11-22-12-27(18)2/h3-6,10-13,17,20H,7-9H2,1-2H3,(H,25,29)(H,26,28)/t13?,17-,20-/m1/s1. The van der Waals surface area contributed by atoms with E-state index in [-0.39, 0.29) is 29.8 Å². The van der Waals surface area contributed by atoms with Crippen LogP contribution < -0.4 is 10.6 Å². The Morgan fingerprint density at radius 2 is 2.10 bits per heavy atom. The van der Waals surface area contributed by atoms with E-state index in [9.17, 15) is 9.59 Å². The summed E-state index contributed by atoms with van der Waals surface area (Å²) in [7, 11) is 1.88. The van der Waals surface area contributed by atoms with Gasteiger partial charge in [0.25, 0.3) is 0 Å². The Morgan fingerprint density at radius 1 is 1.31 bits per heavy atom. The fraction of sp³-hybridized carbons (Fsp3) is 0.381. The molecule has 1 aromatic carbocycles. The number of rotatable bonds is 5. The van der Waals surface area contributed by atoms with Gasteiger partial charge in [0.15, 0.2) is 0 Å². The van der Waals surface area contributed by atoms with Crippen molar-refractivity contribution in [1.82, 2.24) is 30.2 Å². The zero-order valence-electron chi connectivity index (χ0n) is 16.5. The van der Waals surface area contributed by atoms with Gasteiger partial charge in [-0.25, -0.2) is 9.97 Å². The zero-order valence-corrected chi connectivity index (χ0v) is 16.5. The first-order valence-corrected chi connectivity index (χ1v) is 9.78. The molecule has 150 valence electrons. The Bertz CT molecular complexity index is 1050. The predicted molar refractivity (Wildman–Crippen MR) is 108 cm³/mol. The van der Waals surface area contributed by atoms with E-state index in [1.54, 1.807) is 18.7 Å². The summed E-state index contributed by atoms with van der Waals surface area (Å²) >= 11 is 0. The second-order valence-electron chi connectivity index (χ2n) is 7.58. The van der Waals surface area contributed by atoms with Gasteiger partial charge in [-0.05, 0) is 18.6 Å². The third-order valence-corrected chi connectivity index (χ3v) is 5.36. The van der Waals surface area contributed by atoms with Crippen molar-refractivity contribution in [1.29, 1.82) is 0 Å². The summed E-state index contributed by atoms with van der Waals surface area (Å²) in [5, 5.41) is 6.11. The molecule has 0 radical (unpaired) electrons. The maximum atomic E-state index is 12.9. The average molecular weight is 392 g/mol. The molecule has 2 N–H and O–H groups in total. The van der Waals surface area contributed by atoms with Crippen molar-refractivity contribution in [3.05, 3.63) is 54.4 Å². The van der Waals surface area contributed by atoms with E-state index in [1.165, 1.54) is 0 Å². The quantitative estimate of drug-likeness (QED) is 0.688. The molecular formula is C21H24N6O2. The number of aryl methyl sites for hydroxylation is 1. The first kappa shape index (κ1) is 19.0. The normalized spacial score (nSPS) is 20.3. The SMILES string of the molecule is CC(Cc1cnc2ccccc2n1)C(=O)N[C@@H]1CCC(=O)N[C@H]1c1cncn1C. The van der Waals surface area contributed by atoms with Crippen LogP contribution in [0.1, 0.15) is 37.2 Å². The Morgan fingerprint density at radius 3 is 2.86 bits per heavy atom. The Hall–Kier alpha value is -3.29. The lowest BCUT2D eigenvalue weighted by atomic mass is 9.94. The highest BCUT2D eigenvalue weighted by atomic mass is 16.2. The Kier molecular flexibility index (Phi) is 5.24. The molecule has 0 saturated carbocycles. The van der Waals surface area contributed by atoms with E-state index in [2.05, 4.69) is 25.6 Å². The molecule has 0 bridgehead atoms. The molecule has 1 aliphatic heterocycles. The highest BCUT2D eigenvalue weighted by Gasteiger charge is 2.33.